The van der Waals surface area contributed by atoms with Crippen LogP contribution in [0.25, 0.3) is 5.69 Å². The smallest absolute Gasteiger partial charge is 0.255 e. The number of fused-ring (bicyclic) bond motifs is 1. The molecule has 0 atom stereocenters. The molecule has 27 heavy (non-hydrogen) atoms. The lowest BCUT2D eigenvalue weighted by atomic mass is 10.1. The number of carbonyl (C=O) groups excluding carboxylic acids is 1. The third-order valence-corrected chi connectivity index (χ3v) is 4.58. The zero-order valence-electron chi connectivity index (χ0n) is 15.1. The number of amides is 1. The van der Waals surface area contributed by atoms with Gasteiger partial charge in [-0.05, 0) is 24.6 Å². The standard InChI is InChI=1S/C18H19N7O2/c1-23(2)18-21-15-9-24(7-6-14(15)16(26)22-18)17(27)12-4-3-5-13(8-12)25-10-19-20-11-25/h3-5,8,10-11H,6-7,9H2,1-2H3,(H,21,22,26). The van der Waals surface area contributed by atoms with Crippen molar-refractivity contribution in [3.05, 3.63) is 64.1 Å². The van der Waals surface area contributed by atoms with Gasteiger partial charge in [-0.25, -0.2) is 4.98 Å². The molecule has 0 spiro atoms. The van der Waals surface area contributed by atoms with E-state index in [-0.39, 0.29) is 11.5 Å². The highest BCUT2D eigenvalue weighted by Gasteiger charge is 2.25. The Labute approximate surface area is 155 Å². The van der Waals surface area contributed by atoms with Gasteiger partial charge >= 0.3 is 0 Å². The highest BCUT2D eigenvalue weighted by molar-refractivity contribution is 5.94. The summed E-state index contributed by atoms with van der Waals surface area (Å²) < 4.78 is 1.74. The Kier molecular flexibility index (Phi) is 4.19. The van der Waals surface area contributed by atoms with Crippen LogP contribution in [0.15, 0.2) is 41.7 Å². The molecule has 4 rings (SSSR count). The monoisotopic (exact) mass is 365 g/mol. The van der Waals surface area contributed by atoms with Crippen molar-refractivity contribution >= 4 is 11.9 Å². The van der Waals surface area contributed by atoms with Crippen LogP contribution in [0.5, 0.6) is 0 Å². The largest absolute Gasteiger partial charge is 0.348 e. The van der Waals surface area contributed by atoms with Gasteiger partial charge in [-0.1, -0.05) is 6.07 Å². The minimum atomic E-state index is -0.134. The predicted octanol–water partition coefficient (Wildman–Crippen LogP) is 0.615. The van der Waals surface area contributed by atoms with E-state index >= 15 is 0 Å². The maximum Gasteiger partial charge on any atom is 0.255 e. The van der Waals surface area contributed by atoms with Crippen molar-refractivity contribution in [2.45, 2.75) is 13.0 Å². The molecule has 138 valence electrons. The summed E-state index contributed by atoms with van der Waals surface area (Å²) in [6.07, 6.45) is 3.65. The van der Waals surface area contributed by atoms with Crippen LogP contribution in [0.1, 0.15) is 21.6 Å². The molecule has 2 aromatic heterocycles. The van der Waals surface area contributed by atoms with Crippen molar-refractivity contribution in [2.24, 2.45) is 0 Å². The zero-order valence-corrected chi connectivity index (χ0v) is 15.1. The van der Waals surface area contributed by atoms with Gasteiger partial charge in [0.05, 0.1) is 12.2 Å². The molecule has 3 heterocycles. The molecule has 9 heteroatoms. The number of aromatic amines is 1. The van der Waals surface area contributed by atoms with Crippen molar-refractivity contribution < 1.29 is 4.79 Å². The number of anilines is 1. The van der Waals surface area contributed by atoms with Crippen molar-refractivity contribution in [3.63, 3.8) is 0 Å². The van der Waals surface area contributed by atoms with E-state index in [0.717, 1.165) is 5.69 Å². The summed E-state index contributed by atoms with van der Waals surface area (Å²) in [6.45, 7) is 0.796. The van der Waals surface area contributed by atoms with Crippen LogP contribution >= 0.6 is 0 Å². The van der Waals surface area contributed by atoms with Gasteiger partial charge < -0.3 is 9.80 Å². The Morgan fingerprint density at radius 3 is 2.74 bits per heavy atom. The van der Waals surface area contributed by atoms with E-state index in [1.807, 2.05) is 26.2 Å². The average Bonchev–Trinajstić information content (AvgIpc) is 3.22. The summed E-state index contributed by atoms with van der Waals surface area (Å²) >= 11 is 0. The molecule has 1 aliphatic heterocycles. The summed E-state index contributed by atoms with van der Waals surface area (Å²) in [7, 11) is 3.62. The first-order valence-corrected chi connectivity index (χ1v) is 8.56. The van der Waals surface area contributed by atoms with Crippen LogP contribution in [0.4, 0.5) is 5.95 Å². The van der Waals surface area contributed by atoms with Crippen LogP contribution in [0, 0.1) is 0 Å². The lowest BCUT2D eigenvalue weighted by Crippen LogP contribution is -2.39. The number of carbonyl (C=O) groups is 1. The molecule has 3 aromatic rings. The first kappa shape index (κ1) is 17.0. The number of rotatable bonds is 3. The lowest BCUT2D eigenvalue weighted by molar-refractivity contribution is 0.0731. The van der Waals surface area contributed by atoms with Gasteiger partial charge in [-0.3, -0.25) is 19.1 Å². The molecular formula is C18H19N7O2. The number of aromatic nitrogens is 5. The van der Waals surface area contributed by atoms with Gasteiger partial charge in [0, 0.05) is 37.5 Å². The van der Waals surface area contributed by atoms with E-state index in [9.17, 15) is 9.59 Å². The Hall–Kier alpha value is -3.49. The van der Waals surface area contributed by atoms with Crippen LogP contribution in [0.2, 0.25) is 0 Å². The number of hydrogen-bond donors (Lipinski definition) is 1. The fourth-order valence-electron chi connectivity index (χ4n) is 3.13. The first-order chi connectivity index (χ1) is 13.0. The van der Waals surface area contributed by atoms with Gasteiger partial charge in [0.25, 0.3) is 11.5 Å². The molecule has 0 bridgehead atoms. The lowest BCUT2D eigenvalue weighted by Gasteiger charge is -2.28. The Morgan fingerprint density at radius 2 is 2.00 bits per heavy atom. The molecule has 0 saturated carbocycles. The SMILES string of the molecule is CN(C)c1nc2c(c(=O)[nH]1)CCN(C(=O)c1cccc(-n3cnnc3)c1)C2. The third kappa shape index (κ3) is 3.19. The molecule has 0 unspecified atom stereocenters. The minimum Gasteiger partial charge on any atom is -0.348 e. The third-order valence-electron chi connectivity index (χ3n) is 4.58. The molecule has 1 aromatic carbocycles. The maximum atomic E-state index is 13.0. The topological polar surface area (TPSA) is 100 Å². The van der Waals surface area contributed by atoms with E-state index in [2.05, 4.69) is 20.2 Å². The van der Waals surface area contributed by atoms with E-state index < -0.39 is 0 Å². The molecule has 0 saturated heterocycles. The van der Waals surface area contributed by atoms with Crippen molar-refractivity contribution in [1.82, 2.24) is 29.6 Å². The minimum absolute atomic E-state index is 0.0935. The van der Waals surface area contributed by atoms with Gasteiger partial charge in [0.15, 0.2) is 0 Å². The average molecular weight is 365 g/mol. The van der Waals surface area contributed by atoms with Gasteiger partial charge in [0.2, 0.25) is 5.95 Å². The van der Waals surface area contributed by atoms with Gasteiger partial charge in [-0.2, -0.15) is 0 Å². The van der Waals surface area contributed by atoms with Crippen LogP contribution < -0.4 is 10.5 Å². The highest BCUT2D eigenvalue weighted by atomic mass is 16.2. The van der Waals surface area contributed by atoms with Crippen molar-refractivity contribution in [2.75, 3.05) is 25.5 Å². The summed E-state index contributed by atoms with van der Waals surface area (Å²) in [5.41, 5.74) is 2.56. The summed E-state index contributed by atoms with van der Waals surface area (Å²) in [6, 6.07) is 7.30. The van der Waals surface area contributed by atoms with Gasteiger partial charge in [-0.15, -0.1) is 10.2 Å². The summed E-state index contributed by atoms with van der Waals surface area (Å²) in [5.74, 6) is 0.395. The first-order valence-electron chi connectivity index (χ1n) is 8.56. The number of H-pyrrole nitrogens is 1. The zero-order chi connectivity index (χ0) is 19.0. The Balaban J connectivity index is 1.62. The van der Waals surface area contributed by atoms with Gasteiger partial charge in [0.1, 0.15) is 12.7 Å². The maximum absolute atomic E-state index is 13.0. The van der Waals surface area contributed by atoms with E-state index in [1.165, 1.54) is 0 Å². The van der Waals surface area contributed by atoms with E-state index in [1.54, 1.807) is 39.2 Å². The predicted molar refractivity (Wildman–Crippen MR) is 99.0 cm³/mol. The number of nitrogens with zero attached hydrogens (tertiary/aromatic N) is 6. The number of hydrogen-bond acceptors (Lipinski definition) is 6. The van der Waals surface area contributed by atoms with Crippen LogP contribution in [-0.2, 0) is 13.0 Å². The quantitative estimate of drug-likeness (QED) is 0.730. The fraction of sp³-hybridized carbons (Fsp3) is 0.278. The fourth-order valence-corrected chi connectivity index (χ4v) is 3.13. The van der Waals surface area contributed by atoms with E-state index in [0.29, 0.717) is 42.3 Å². The Morgan fingerprint density at radius 1 is 1.22 bits per heavy atom. The molecule has 1 amide bonds. The molecule has 1 N–H and O–H groups in total. The molecule has 0 radical (unpaired) electrons. The summed E-state index contributed by atoms with van der Waals surface area (Å²) in [5, 5.41) is 7.58. The molecule has 1 aliphatic rings. The Bertz CT molecular complexity index is 1040. The normalized spacial score (nSPS) is 13.3. The number of benzene rings is 1. The summed E-state index contributed by atoms with van der Waals surface area (Å²) in [4.78, 5) is 36.0. The second kappa shape index (κ2) is 6.67. The second-order valence-electron chi connectivity index (χ2n) is 6.61. The van der Waals surface area contributed by atoms with Crippen molar-refractivity contribution in [3.8, 4) is 5.69 Å². The molecule has 9 nitrogen and oxygen atoms in total. The van der Waals surface area contributed by atoms with E-state index in [4.69, 9.17) is 0 Å². The number of nitrogens with one attached hydrogen (secondary N) is 1. The van der Waals surface area contributed by atoms with Crippen molar-refractivity contribution in [1.29, 1.82) is 0 Å². The van der Waals surface area contributed by atoms with Crippen LogP contribution in [0.3, 0.4) is 0 Å². The highest BCUT2D eigenvalue weighted by Crippen LogP contribution is 2.19. The molecule has 0 aliphatic carbocycles. The molecular weight excluding hydrogens is 346 g/mol. The second-order valence-corrected chi connectivity index (χ2v) is 6.61. The van der Waals surface area contributed by atoms with Crippen LogP contribution in [-0.4, -0.2) is 56.2 Å². The molecule has 0 fully saturated rings.